The highest BCUT2D eigenvalue weighted by Gasteiger charge is 2.50. The fraction of sp³-hybridized carbons (Fsp3) is 0.400. The molecule has 0 heterocycles. The van der Waals surface area contributed by atoms with Crippen LogP contribution in [0.5, 0.6) is 0 Å². The Balaban J connectivity index is 2.15. The van der Waals surface area contributed by atoms with Gasteiger partial charge in [-0.1, -0.05) is 111 Å². The van der Waals surface area contributed by atoms with Gasteiger partial charge in [0.25, 0.3) is 0 Å². The summed E-state index contributed by atoms with van der Waals surface area (Å²) in [5.41, 5.74) is 1.21. The molecule has 1 unspecified atom stereocenters. The van der Waals surface area contributed by atoms with Gasteiger partial charge in [0.2, 0.25) is 0 Å². The van der Waals surface area contributed by atoms with Gasteiger partial charge in [-0.25, -0.2) is 0 Å². The smallest absolute Gasteiger partial charge is 0.133 e. The van der Waals surface area contributed by atoms with E-state index in [4.69, 9.17) is 0 Å². The molecule has 0 spiro atoms. The Morgan fingerprint density at radius 2 is 1.48 bits per heavy atom. The van der Waals surface area contributed by atoms with E-state index in [1.807, 2.05) is 0 Å². The zero-order valence-corrected chi connectivity index (χ0v) is 18.2. The van der Waals surface area contributed by atoms with Gasteiger partial charge >= 0.3 is 0 Å². The summed E-state index contributed by atoms with van der Waals surface area (Å²) in [5.74, 6) is 0.390. The molecule has 0 bridgehead atoms. The molecule has 1 fully saturated rings. The lowest BCUT2D eigenvalue weighted by molar-refractivity contribution is -0.117. The number of carbonyl (C=O) groups is 1. The van der Waals surface area contributed by atoms with Crippen molar-refractivity contribution in [3.8, 4) is 0 Å². The third-order valence-electron chi connectivity index (χ3n) is 6.69. The lowest BCUT2D eigenvalue weighted by Crippen LogP contribution is -2.64. The molecule has 142 valence electrons. The second-order valence-corrected chi connectivity index (χ2v) is 14.3. The van der Waals surface area contributed by atoms with E-state index >= 15 is 0 Å². The van der Waals surface area contributed by atoms with Crippen LogP contribution in [-0.2, 0) is 4.79 Å². The number of ketones is 1. The molecule has 2 aromatic rings. The summed E-state index contributed by atoms with van der Waals surface area (Å²) in [6, 6.07) is 23.1. The van der Waals surface area contributed by atoms with Gasteiger partial charge in [-0.2, -0.15) is 0 Å². The van der Waals surface area contributed by atoms with Crippen molar-refractivity contribution in [3.63, 3.8) is 0 Å². The second kappa shape index (κ2) is 7.24. The van der Waals surface area contributed by atoms with Crippen molar-refractivity contribution >= 4 is 24.2 Å². The van der Waals surface area contributed by atoms with Crippen LogP contribution in [0.15, 0.2) is 72.8 Å². The Bertz CT molecular complexity index is 777. The summed E-state index contributed by atoms with van der Waals surface area (Å²) in [5, 5.41) is 3.04. The Morgan fingerprint density at radius 3 is 1.85 bits per heavy atom. The summed E-state index contributed by atoms with van der Waals surface area (Å²) >= 11 is 0. The molecule has 2 heteroatoms. The van der Waals surface area contributed by atoms with Crippen LogP contribution >= 0.6 is 0 Å². The first-order chi connectivity index (χ1) is 12.7. The van der Waals surface area contributed by atoms with Crippen LogP contribution in [0.25, 0.3) is 0 Å². The molecule has 0 aliphatic heterocycles. The maximum absolute atomic E-state index is 12.0. The molecule has 1 aliphatic rings. The van der Waals surface area contributed by atoms with E-state index in [9.17, 15) is 4.79 Å². The van der Waals surface area contributed by atoms with Gasteiger partial charge in [-0.15, -0.1) is 0 Å². The zero-order chi connectivity index (χ0) is 19.7. The molecule has 0 N–H and O–H groups in total. The summed E-state index contributed by atoms with van der Waals surface area (Å²) in [7, 11) is -2.16. The average Bonchev–Trinajstić information content (AvgIpc) is 3.00. The minimum Gasteiger partial charge on any atom is -0.300 e. The zero-order valence-electron chi connectivity index (χ0n) is 17.2. The molecule has 0 aromatic heterocycles. The topological polar surface area (TPSA) is 17.1 Å². The van der Waals surface area contributed by atoms with Crippen molar-refractivity contribution in [3.05, 3.63) is 72.8 Å². The summed E-state index contributed by atoms with van der Waals surface area (Å²) < 4.78 is 0. The molecule has 3 rings (SSSR count). The molecule has 0 saturated heterocycles. The van der Waals surface area contributed by atoms with Crippen molar-refractivity contribution in [2.24, 2.45) is 5.41 Å². The monoisotopic (exact) mass is 376 g/mol. The number of hydrogen-bond acceptors (Lipinski definition) is 1. The van der Waals surface area contributed by atoms with Crippen molar-refractivity contribution < 1.29 is 4.79 Å². The van der Waals surface area contributed by atoms with E-state index in [0.717, 1.165) is 12.5 Å². The molecule has 1 atom stereocenters. The van der Waals surface area contributed by atoms with E-state index in [2.05, 4.69) is 94.9 Å². The number of Topliss-reactive ketones (excluding diaryl/α,β-unsaturated/α-hetero) is 1. The van der Waals surface area contributed by atoms with Gasteiger partial charge in [0.15, 0.2) is 0 Å². The molecule has 27 heavy (non-hydrogen) atoms. The van der Waals surface area contributed by atoms with E-state index in [0.29, 0.717) is 18.6 Å². The standard InChI is InChI=1S/C25H32OSi/c1-20(25(5)17-16-21(26)18-25)19-27(24(2,3)4,22-12-8-6-9-13-22)23-14-10-7-11-15-23/h6-15H,1,16-19H2,2-5H3. The minimum absolute atomic E-state index is 0.0514. The molecular weight excluding hydrogens is 344 g/mol. The van der Waals surface area contributed by atoms with Crippen molar-refractivity contribution in [1.29, 1.82) is 0 Å². The molecule has 1 nitrogen and oxygen atoms in total. The van der Waals surface area contributed by atoms with Crippen LogP contribution in [0.4, 0.5) is 0 Å². The Labute approximate surface area is 165 Å². The second-order valence-electron chi connectivity index (χ2n) is 9.44. The fourth-order valence-electron chi connectivity index (χ4n) is 4.81. The molecule has 0 amide bonds. The lowest BCUT2D eigenvalue weighted by atomic mass is 9.82. The van der Waals surface area contributed by atoms with Gasteiger partial charge in [-0.05, 0) is 22.9 Å². The summed E-state index contributed by atoms with van der Waals surface area (Å²) in [6.45, 7) is 14.0. The molecule has 1 aliphatic carbocycles. The maximum Gasteiger partial charge on any atom is 0.133 e. The van der Waals surface area contributed by atoms with Crippen LogP contribution in [0.1, 0.15) is 47.0 Å². The number of rotatable bonds is 5. The van der Waals surface area contributed by atoms with Crippen molar-refractivity contribution in [2.45, 2.75) is 58.0 Å². The molecule has 1 saturated carbocycles. The SMILES string of the molecule is C=C(C[Si](c1ccccc1)(c1ccccc1)C(C)(C)C)C1(C)CCC(=O)C1. The third-order valence-corrected chi connectivity index (χ3v) is 12.8. The van der Waals surface area contributed by atoms with Crippen LogP contribution in [-0.4, -0.2) is 13.9 Å². The third kappa shape index (κ3) is 3.60. The Kier molecular flexibility index (Phi) is 5.31. The van der Waals surface area contributed by atoms with Crippen LogP contribution < -0.4 is 10.4 Å². The van der Waals surface area contributed by atoms with Gasteiger partial charge in [0.1, 0.15) is 13.9 Å². The van der Waals surface area contributed by atoms with Crippen molar-refractivity contribution in [1.82, 2.24) is 0 Å². The number of allylic oxidation sites excluding steroid dienone is 1. The lowest BCUT2D eigenvalue weighted by Gasteiger charge is -2.46. The van der Waals surface area contributed by atoms with Crippen LogP contribution in [0, 0.1) is 5.41 Å². The largest absolute Gasteiger partial charge is 0.300 e. The number of benzene rings is 2. The van der Waals surface area contributed by atoms with E-state index in [1.165, 1.54) is 15.9 Å². The average molecular weight is 377 g/mol. The highest BCUT2D eigenvalue weighted by atomic mass is 28.3. The highest BCUT2D eigenvalue weighted by molar-refractivity contribution is 7.04. The van der Waals surface area contributed by atoms with E-state index in [-0.39, 0.29) is 10.5 Å². The van der Waals surface area contributed by atoms with Gasteiger partial charge < -0.3 is 0 Å². The maximum atomic E-state index is 12.0. The van der Waals surface area contributed by atoms with E-state index < -0.39 is 8.07 Å². The van der Waals surface area contributed by atoms with Gasteiger partial charge in [0, 0.05) is 12.8 Å². The van der Waals surface area contributed by atoms with Gasteiger partial charge in [-0.3, -0.25) is 4.79 Å². The summed E-state index contributed by atoms with van der Waals surface area (Å²) in [4.78, 5) is 12.0. The molecule has 2 aromatic carbocycles. The number of hydrogen-bond donors (Lipinski definition) is 0. The van der Waals surface area contributed by atoms with Crippen molar-refractivity contribution in [2.75, 3.05) is 0 Å². The van der Waals surface area contributed by atoms with Crippen LogP contribution in [0.3, 0.4) is 0 Å². The Morgan fingerprint density at radius 1 is 1.00 bits per heavy atom. The fourth-order valence-corrected chi connectivity index (χ4v) is 10.4. The number of carbonyl (C=O) groups excluding carboxylic acids is 1. The first kappa shape index (κ1) is 19.8. The predicted octanol–water partition coefficient (Wildman–Crippen LogP) is 5.37. The van der Waals surface area contributed by atoms with Gasteiger partial charge in [0.05, 0.1) is 0 Å². The Hall–Kier alpha value is -1.93. The minimum atomic E-state index is -2.16. The molecule has 0 radical (unpaired) electrons. The summed E-state index contributed by atoms with van der Waals surface area (Å²) in [6.07, 6.45) is 2.31. The first-order valence-electron chi connectivity index (χ1n) is 10.0. The van der Waals surface area contributed by atoms with Crippen LogP contribution in [0.2, 0.25) is 11.1 Å². The highest BCUT2D eigenvalue weighted by Crippen LogP contribution is 2.48. The van der Waals surface area contributed by atoms with E-state index in [1.54, 1.807) is 0 Å². The quantitative estimate of drug-likeness (QED) is 0.507. The molecular formula is C25H32OSi. The normalized spacial score (nSPS) is 20.7. The first-order valence-corrected chi connectivity index (χ1v) is 12.2. The predicted molar refractivity (Wildman–Crippen MR) is 119 cm³/mol.